The van der Waals surface area contributed by atoms with E-state index in [1.807, 2.05) is 6.08 Å². The van der Waals surface area contributed by atoms with Crippen LogP contribution in [-0.2, 0) is 23.7 Å². The van der Waals surface area contributed by atoms with Gasteiger partial charge in [0.05, 0.1) is 23.7 Å². The highest BCUT2D eigenvalue weighted by Gasteiger charge is 2.41. The number of benzene rings is 1. The molecule has 1 aromatic carbocycles. The van der Waals surface area contributed by atoms with E-state index in [0.29, 0.717) is 17.7 Å². The van der Waals surface area contributed by atoms with Gasteiger partial charge in [-0.25, -0.2) is 14.0 Å². The number of hydrogen-bond donors (Lipinski definition) is 0. The standard InChI is InChI=1S/C30H42FNO8/c1-18-13-21(31)15-24-23(38-30(6,7)39-24)12-10-11-20-14-22(32(8)28(34)40-29(3,4)5)16-25(36-17-35-9)26(20)27(33)37-19(18)2/h10-11,13-14,16,18-19,23-24H,12,15,17H2,1-9H3/b11-10?,21-13+/t18-,19+,23-,24+/m1/s1. The third-order valence-corrected chi connectivity index (χ3v) is 6.53. The highest BCUT2D eigenvalue weighted by atomic mass is 19.1. The molecular formula is C30H42FNO8. The SMILES string of the molecule is COCOc1cc(N(C)C(=O)OC(C)(C)C)cc2c1C(=O)O[C@@H](C)[C@H](C)/C=C(/F)C[C@@H]1OC(C)(C)O[C@@H]1CC=C2. The third-order valence-electron chi connectivity index (χ3n) is 6.53. The maximum Gasteiger partial charge on any atom is 0.414 e. The van der Waals surface area contributed by atoms with E-state index in [1.165, 1.54) is 18.1 Å². The van der Waals surface area contributed by atoms with Crippen LogP contribution < -0.4 is 9.64 Å². The highest BCUT2D eigenvalue weighted by molar-refractivity contribution is 5.99. The summed E-state index contributed by atoms with van der Waals surface area (Å²) >= 11 is 0. The zero-order valence-corrected chi connectivity index (χ0v) is 24.9. The third kappa shape index (κ3) is 8.28. The number of halogens is 1. The van der Waals surface area contributed by atoms with E-state index in [2.05, 4.69) is 0 Å². The summed E-state index contributed by atoms with van der Waals surface area (Å²) in [6.45, 7) is 12.3. The monoisotopic (exact) mass is 563 g/mol. The molecule has 9 nitrogen and oxygen atoms in total. The van der Waals surface area contributed by atoms with Crippen LogP contribution in [0.15, 0.2) is 30.1 Å². The van der Waals surface area contributed by atoms with Crippen molar-refractivity contribution in [3.63, 3.8) is 0 Å². The lowest BCUT2D eigenvalue weighted by atomic mass is 9.99. The summed E-state index contributed by atoms with van der Waals surface area (Å²) in [7, 11) is 3.03. The average molecular weight is 564 g/mol. The largest absolute Gasteiger partial charge is 0.467 e. The van der Waals surface area contributed by atoms with Crippen molar-refractivity contribution in [2.24, 2.45) is 5.92 Å². The molecule has 0 spiro atoms. The van der Waals surface area contributed by atoms with Crippen LogP contribution in [0.25, 0.3) is 6.08 Å². The Balaban J connectivity index is 2.11. The molecule has 40 heavy (non-hydrogen) atoms. The molecule has 1 saturated heterocycles. The molecule has 0 radical (unpaired) electrons. The number of carbonyl (C=O) groups is 2. The lowest BCUT2D eigenvalue weighted by Gasteiger charge is -2.26. The van der Waals surface area contributed by atoms with E-state index in [0.717, 1.165) is 0 Å². The molecule has 0 saturated carbocycles. The molecule has 2 heterocycles. The van der Waals surface area contributed by atoms with E-state index >= 15 is 0 Å². The van der Waals surface area contributed by atoms with Crippen LogP contribution in [0.3, 0.4) is 0 Å². The van der Waals surface area contributed by atoms with Crippen LogP contribution in [0.4, 0.5) is 14.9 Å². The predicted molar refractivity (Wildman–Crippen MR) is 149 cm³/mol. The van der Waals surface area contributed by atoms with E-state index < -0.39 is 47.7 Å². The second-order valence-corrected chi connectivity index (χ2v) is 11.6. The highest BCUT2D eigenvalue weighted by Crippen LogP contribution is 2.36. The number of ether oxygens (including phenoxy) is 6. The first-order valence-electron chi connectivity index (χ1n) is 13.5. The number of fused-ring (bicyclic) bond motifs is 2. The molecule has 0 aliphatic carbocycles. The van der Waals surface area contributed by atoms with Gasteiger partial charge in [0.15, 0.2) is 12.6 Å². The lowest BCUT2D eigenvalue weighted by Crippen LogP contribution is -2.34. The van der Waals surface area contributed by atoms with Gasteiger partial charge in [-0.1, -0.05) is 19.1 Å². The van der Waals surface area contributed by atoms with E-state index in [-0.39, 0.29) is 30.4 Å². The summed E-state index contributed by atoms with van der Waals surface area (Å²) in [5, 5.41) is 0. The summed E-state index contributed by atoms with van der Waals surface area (Å²) in [6.07, 6.45) is 3.33. The van der Waals surface area contributed by atoms with Crippen molar-refractivity contribution in [1.29, 1.82) is 0 Å². The van der Waals surface area contributed by atoms with Crippen molar-refractivity contribution in [3.8, 4) is 5.75 Å². The van der Waals surface area contributed by atoms with Gasteiger partial charge in [0, 0.05) is 32.6 Å². The first kappa shape index (κ1) is 31.6. The van der Waals surface area contributed by atoms with Crippen molar-refractivity contribution in [2.45, 2.75) is 91.0 Å². The Hall–Kier alpha value is -2.95. The molecule has 0 aromatic heterocycles. The molecule has 10 heteroatoms. The summed E-state index contributed by atoms with van der Waals surface area (Å²) in [5.74, 6) is -2.13. The maximum atomic E-state index is 15.0. The molecule has 4 atom stereocenters. The minimum absolute atomic E-state index is 0.0450. The number of esters is 1. The van der Waals surface area contributed by atoms with Gasteiger partial charge in [0.25, 0.3) is 0 Å². The van der Waals surface area contributed by atoms with Crippen molar-refractivity contribution in [2.75, 3.05) is 25.9 Å². The van der Waals surface area contributed by atoms with Crippen molar-refractivity contribution in [3.05, 3.63) is 41.2 Å². The van der Waals surface area contributed by atoms with Gasteiger partial charge < -0.3 is 28.4 Å². The molecule has 1 amide bonds. The number of nitrogens with zero attached hydrogens (tertiary/aromatic N) is 1. The normalized spacial score (nSPS) is 26.4. The minimum atomic E-state index is -0.863. The molecule has 0 bridgehead atoms. The van der Waals surface area contributed by atoms with Crippen molar-refractivity contribution < 1.29 is 42.4 Å². The number of hydrogen-bond acceptors (Lipinski definition) is 8. The molecular weight excluding hydrogens is 521 g/mol. The lowest BCUT2D eigenvalue weighted by molar-refractivity contribution is -0.146. The fourth-order valence-corrected chi connectivity index (χ4v) is 4.46. The molecule has 222 valence electrons. The fourth-order valence-electron chi connectivity index (χ4n) is 4.46. The van der Waals surface area contributed by atoms with Gasteiger partial charge in [0.2, 0.25) is 0 Å². The minimum Gasteiger partial charge on any atom is -0.467 e. The zero-order valence-electron chi connectivity index (χ0n) is 24.9. The second-order valence-electron chi connectivity index (χ2n) is 11.6. The number of methoxy groups -OCH3 is 1. The van der Waals surface area contributed by atoms with Crippen LogP contribution in [0.1, 0.15) is 77.2 Å². The first-order valence-corrected chi connectivity index (χ1v) is 13.5. The quantitative estimate of drug-likeness (QED) is 0.307. The van der Waals surface area contributed by atoms with E-state index in [9.17, 15) is 14.0 Å². The molecule has 1 aromatic rings. The Labute approximate surface area is 236 Å². The molecule has 2 aliphatic heterocycles. The summed E-state index contributed by atoms with van der Waals surface area (Å²) in [5.41, 5.74) is 0.337. The number of amides is 1. The number of carbonyl (C=O) groups excluding carboxylic acids is 2. The van der Waals surface area contributed by atoms with Crippen molar-refractivity contribution in [1.82, 2.24) is 0 Å². The van der Waals surface area contributed by atoms with Crippen molar-refractivity contribution >= 4 is 23.8 Å². The van der Waals surface area contributed by atoms with Gasteiger partial charge >= 0.3 is 12.1 Å². The van der Waals surface area contributed by atoms with E-state index in [1.54, 1.807) is 73.7 Å². The molecule has 0 N–H and O–H groups in total. The Morgan fingerprint density at radius 2 is 1.85 bits per heavy atom. The zero-order chi connectivity index (χ0) is 29.8. The Bertz CT molecular complexity index is 1140. The second kappa shape index (κ2) is 12.7. The number of rotatable bonds is 4. The topological polar surface area (TPSA) is 92.8 Å². The smallest absolute Gasteiger partial charge is 0.414 e. The Morgan fingerprint density at radius 1 is 1.18 bits per heavy atom. The van der Waals surface area contributed by atoms with Gasteiger partial charge in [0.1, 0.15) is 23.0 Å². The van der Waals surface area contributed by atoms with Gasteiger partial charge in [-0.3, -0.25) is 4.90 Å². The number of anilines is 1. The fraction of sp³-hybridized carbons (Fsp3) is 0.600. The number of cyclic esters (lactones) is 1. The van der Waals surface area contributed by atoms with Gasteiger partial charge in [-0.05, 0) is 65.7 Å². The van der Waals surface area contributed by atoms with Gasteiger partial charge in [-0.2, -0.15) is 0 Å². The van der Waals surface area contributed by atoms with Gasteiger partial charge in [-0.15, -0.1) is 0 Å². The predicted octanol–water partition coefficient (Wildman–Crippen LogP) is 6.40. The van der Waals surface area contributed by atoms with Crippen LogP contribution in [0.5, 0.6) is 5.75 Å². The van der Waals surface area contributed by atoms with Crippen LogP contribution in [0.2, 0.25) is 0 Å². The van der Waals surface area contributed by atoms with E-state index in [4.69, 9.17) is 28.4 Å². The Kier molecular flexibility index (Phi) is 10.0. The Morgan fingerprint density at radius 3 is 2.50 bits per heavy atom. The maximum absolute atomic E-state index is 15.0. The van der Waals surface area contributed by atoms with Crippen LogP contribution in [0, 0.1) is 5.92 Å². The van der Waals surface area contributed by atoms with Crippen LogP contribution >= 0.6 is 0 Å². The summed E-state index contributed by atoms with van der Waals surface area (Å²) in [6, 6.07) is 3.24. The summed E-state index contributed by atoms with van der Waals surface area (Å²) in [4.78, 5) is 27.7. The molecule has 3 rings (SSSR count). The summed E-state index contributed by atoms with van der Waals surface area (Å²) < 4.78 is 49.2. The van der Waals surface area contributed by atoms with Crippen LogP contribution in [-0.4, -0.2) is 62.7 Å². The molecule has 2 aliphatic rings. The first-order chi connectivity index (χ1) is 18.6. The average Bonchev–Trinajstić information content (AvgIpc) is 3.12. The molecule has 1 fully saturated rings. The molecule has 0 unspecified atom stereocenters.